The quantitative estimate of drug-likeness (QED) is 0.591. The van der Waals surface area contributed by atoms with Crippen LogP contribution < -0.4 is 9.64 Å². The van der Waals surface area contributed by atoms with Crippen LogP contribution in [0, 0.1) is 11.3 Å². The van der Waals surface area contributed by atoms with Crippen LogP contribution in [0.2, 0.25) is 0 Å². The summed E-state index contributed by atoms with van der Waals surface area (Å²) in [6, 6.07) is 16.4. The molecule has 2 aromatic carbocycles. The van der Waals surface area contributed by atoms with Crippen LogP contribution in [0.4, 0.5) is 5.69 Å². The number of amides is 1. The van der Waals surface area contributed by atoms with Gasteiger partial charge >= 0.3 is 5.97 Å². The second-order valence-corrected chi connectivity index (χ2v) is 6.20. The number of anilines is 1. The van der Waals surface area contributed by atoms with Crippen molar-refractivity contribution < 1.29 is 19.1 Å². The lowest BCUT2D eigenvalue weighted by molar-refractivity contribution is -0.121. The average molecular weight is 391 g/mol. The molecule has 0 unspecified atom stereocenters. The molecule has 7 nitrogen and oxygen atoms in total. The molecule has 0 aliphatic carbocycles. The minimum Gasteiger partial charge on any atom is -0.494 e. The van der Waals surface area contributed by atoms with E-state index >= 15 is 0 Å². The van der Waals surface area contributed by atoms with E-state index in [0.29, 0.717) is 23.6 Å². The molecule has 3 aromatic rings. The Balaban J connectivity index is 1.69. The molecule has 0 fully saturated rings. The van der Waals surface area contributed by atoms with E-state index < -0.39 is 18.5 Å². The van der Waals surface area contributed by atoms with Crippen LogP contribution in [0.3, 0.4) is 0 Å². The Kier molecular flexibility index (Phi) is 6.48. The van der Waals surface area contributed by atoms with Crippen LogP contribution in [0.1, 0.15) is 23.7 Å². The molecule has 1 N–H and O–H groups in total. The third kappa shape index (κ3) is 4.74. The average Bonchev–Trinajstić information content (AvgIpc) is 3.18. The molecule has 0 radical (unpaired) electrons. The smallest absolute Gasteiger partial charge is 0.340 e. The molecule has 7 heteroatoms. The number of para-hydroxylation sites is 1. The fourth-order valence-electron chi connectivity index (χ4n) is 2.97. The third-order valence-corrected chi connectivity index (χ3v) is 4.34. The molecule has 0 spiro atoms. The normalized spacial score (nSPS) is 10.3. The predicted octanol–water partition coefficient (Wildman–Crippen LogP) is 3.67. The van der Waals surface area contributed by atoms with Crippen molar-refractivity contribution in [3.05, 3.63) is 60.3 Å². The summed E-state index contributed by atoms with van der Waals surface area (Å²) in [7, 11) is 0. The monoisotopic (exact) mass is 391 g/mol. The van der Waals surface area contributed by atoms with Crippen molar-refractivity contribution in [1.82, 2.24) is 4.98 Å². The summed E-state index contributed by atoms with van der Waals surface area (Å²) >= 11 is 0. The van der Waals surface area contributed by atoms with Gasteiger partial charge < -0.3 is 19.4 Å². The topological polar surface area (TPSA) is 95.4 Å². The molecule has 0 aliphatic heterocycles. The zero-order chi connectivity index (χ0) is 20.6. The zero-order valence-corrected chi connectivity index (χ0v) is 16.1. The molecule has 3 rings (SSSR count). The van der Waals surface area contributed by atoms with Crippen molar-refractivity contribution in [2.24, 2.45) is 0 Å². The lowest BCUT2D eigenvalue weighted by atomic mass is 10.2. The summed E-state index contributed by atoms with van der Waals surface area (Å²) in [6.07, 6.45) is 1.73. The molecular weight excluding hydrogens is 370 g/mol. The number of benzene rings is 2. The Labute approximate surface area is 168 Å². The van der Waals surface area contributed by atoms with Gasteiger partial charge in [0.2, 0.25) is 0 Å². The first-order valence-electron chi connectivity index (χ1n) is 9.27. The minimum absolute atomic E-state index is 0.162. The first kappa shape index (κ1) is 20.0. The maximum Gasteiger partial charge on any atom is 0.340 e. The van der Waals surface area contributed by atoms with Gasteiger partial charge in [-0.2, -0.15) is 5.26 Å². The lowest BCUT2D eigenvalue weighted by Crippen LogP contribution is -2.35. The predicted molar refractivity (Wildman–Crippen MR) is 109 cm³/mol. The van der Waals surface area contributed by atoms with Crippen LogP contribution in [0.15, 0.2) is 54.7 Å². The van der Waals surface area contributed by atoms with Gasteiger partial charge in [-0.25, -0.2) is 4.79 Å². The number of aromatic nitrogens is 1. The number of aromatic amines is 1. The first-order chi connectivity index (χ1) is 14.1. The van der Waals surface area contributed by atoms with Crippen molar-refractivity contribution in [3.8, 4) is 11.8 Å². The largest absolute Gasteiger partial charge is 0.494 e. The summed E-state index contributed by atoms with van der Waals surface area (Å²) in [5.41, 5.74) is 1.80. The number of carbonyl (C=O) groups is 2. The zero-order valence-electron chi connectivity index (χ0n) is 16.1. The Morgan fingerprint density at radius 1 is 1.14 bits per heavy atom. The number of hydrogen-bond acceptors (Lipinski definition) is 5. The second kappa shape index (κ2) is 9.42. The molecule has 0 atom stereocenters. The van der Waals surface area contributed by atoms with E-state index in [9.17, 15) is 9.59 Å². The maximum absolute atomic E-state index is 12.7. The molecule has 0 aliphatic rings. The molecule has 0 saturated carbocycles. The summed E-state index contributed by atoms with van der Waals surface area (Å²) in [5, 5.41) is 9.64. The van der Waals surface area contributed by atoms with Crippen molar-refractivity contribution in [2.45, 2.75) is 13.3 Å². The summed E-state index contributed by atoms with van der Waals surface area (Å²) in [5.74, 6) is -0.296. The van der Waals surface area contributed by atoms with E-state index in [1.165, 1.54) is 4.90 Å². The number of hydrogen-bond donors (Lipinski definition) is 1. The molecule has 0 bridgehead atoms. The van der Waals surface area contributed by atoms with Gasteiger partial charge in [-0.3, -0.25) is 4.79 Å². The molecule has 148 valence electrons. The second-order valence-electron chi connectivity index (χ2n) is 6.20. The standard InChI is InChI=1S/C22H21N3O4/c1-2-28-17-10-8-16(9-11-17)25(13-5-12-23)21(26)15-29-22(27)19-14-24-20-7-4-3-6-18(19)20/h3-4,6-11,14,24H,2,5,13,15H2,1H3. The molecule has 1 amide bonds. The van der Waals surface area contributed by atoms with E-state index in [1.54, 1.807) is 30.5 Å². The van der Waals surface area contributed by atoms with Gasteiger partial charge in [-0.05, 0) is 37.3 Å². The van der Waals surface area contributed by atoms with E-state index in [4.69, 9.17) is 14.7 Å². The van der Waals surface area contributed by atoms with Crippen LogP contribution in [-0.2, 0) is 9.53 Å². The van der Waals surface area contributed by atoms with Crippen molar-refractivity contribution in [2.75, 3.05) is 24.7 Å². The minimum atomic E-state index is -0.581. The van der Waals surface area contributed by atoms with Crippen LogP contribution in [-0.4, -0.2) is 36.6 Å². The third-order valence-electron chi connectivity index (χ3n) is 4.34. The van der Waals surface area contributed by atoms with Crippen LogP contribution in [0.5, 0.6) is 5.75 Å². The van der Waals surface area contributed by atoms with Gasteiger partial charge in [0.05, 0.1) is 24.7 Å². The van der Waals surface area contributed by atoms with E-state index in [0.717, 1.165) is 10.9 Å². The van der Waals surface area contributed by atoms with Crippen molar-refractivity contribution in [3.63, 3.8) is 0 Å². The van der Waals surface area contributed by atoms with Gasteiger partial charge in [0.25, 0.3) is 5.91 Å². The number of nitriles is 1. The summed E-state index contributed by atoms with van der Waals surface area (Å²) in [6.45, 7) is 2.21. The number of rotatable bonds is 8. The Bertz CT molecular complexity index is 1030. The van der Waals surface area contributed by atoms with Crippen molar-refractivity contribution >= 4 is 28.5 Å². The maximum atomic E-state index is 12.7. The first-order valence-corrected chi connectivity index (χ1v) is 9.27. The number of esters is 1. The van der Waals surface area contributed by atoms with Gasteiger partial charge in [0, 0.05) is 29.3 Å². The van der Waals surface area contributed by atoms with E-state index in [-0.39, 0.29) is 13.0 Å². The Morgan fingerprint density at radius 3 is 2.62 bits per heavy atom. The van der Waals surface area contributed by atoms with Gasteiger partial charge in [0.1, 0.15) is 5.75 Å². The fraction of sp³-hybridized carbons (Fsp3) is 0.227. The van der Waals surface area contributed by atoms with Gasteiger partial charge in [-0.1, -0.05) is 18.2 Å². The van der Waals surface area contributed by atoms with E-state index in [2.05, 4.69) is 4.98 Å². The highest BCUT2D eigenvalue weighted by Crippen LogP contribution is 2.21. The van der Waals surface area contributed by atoms with Crippen LogP contribution in [0.25, 0.3) is 10.9 Å². The molecule has 1 aromatic heterocycles. The summed E-state index contributed by atoms with van der Waals surface area (Å²) in [4.78, 5) is 29.6. The van der Waals surface area contributed by atoms with Crippen molar-refractivity contribution in [1.29, 1.82) is 5.26 Å². The molecule has 1 heterocycles. The lowest BCUT2D eigenvalue weighted by Gasteiger charge is -2.22. The number of H-pyrrole nitrogens is 1. The highest BCUT2D eigenvalue weighted by atomic mass is 16.5. The highest BCUT2D eigenvalue weighted by molar-refractivity contribution is 6.05. The van der Waals surface area contributed by atoms with Gasteiger partial charge in [-0.15, -0.1) is 0 Å². The SMILES string of the molecule is CCOc1ccc(N(CCC#N)C(=O)COC(=O)c2c[nH]c3ccccc23)cc1. The highest BCUT2D eigenvalue weighted by Gasteiger charge is 2.19. The van der Waals surface area contributed by atoms with Gasteiger partial charge in [0.15, 0.2) is 6.61 Å². The number of ether oxygens (including phenoxy) is 2. The number of nitrogens with one attached hydrogen (secondary N) is 1. The molecular formula is C22H21N3O4. The fourth-order valence-corrected chi connectivity index (χ4v) is 2.97. The van der Waals surface area contributed by atoms with Crippen LogP contribution >= 0.6 is 0 Å². The molecule has 0 saturated heterocycles. The number of fused-ring (bicyclic) bond motifs is 1. The molecule has 29 heavy (non-hydrogen) atoms. The Hall–Kier alpha value is -3.79. The Morgan fingerprint density at radius 2 is 1.90 bits per heavy atom. The van der Waals surface area contributed by atoms with E-state index in [1.807, 2.05) is 37.3 Å². The summed E-state index contributed by atoms with van der Waals surface area (Å²) < 4.78 is 10.7. The number of nitrogens with zero attached hydrogens (tertiary/aromatic N) is 2. The number of carbonyl (C=O) groups excluding carboxylic acids is 2.